The predicted octanol–water partition coefficient (Wildman–Crippen LogP) is 1.73. The van der Waals surface area contributed by atoms with Gasteiger partial charge in [-0.25, -0.2) is 0 Å². The van der Waals surface area contributed by atoms with Crippen LogP contribution in [0.1, 0.15) is 17.5 Å². The molecule has 164 valence electrons. The summed E-state index contributed by atoms with van der Waals surface area (Å²) in [5, 5.41) is 0.736. The van der Waals surface area contributed by atoms with Crippen LogP contribution >= 0.6 is 11.6 Å². The third-order valence-corrected chi connectivity index (χ3v) is 6.67. The molecular weight excluding hydrogens is 414 g/mol. The fourth-order valence-corrected chi connectivity index (χ4v) is 4.74. The number of aryl methyl sites for hydroxylation is 1. The molecule has 0 radical (unpaired) electrons. The molecule has 0 bridgehead atoms. The van der Waals surface area contributed by atoms with E-state index in [9.17, 15) is 9.59 Å². The largest absolute Gasteiger partial charge is 0.497 e. The summed E-state index contributed by atoms with van der Waals surface area (Å²) in [5.41, 5.74) is 3.44. The Bertz CT molecular complexity index is 955. The van der Waals surface area contributed by atoms with Gasteiger partial charge < -0.3 is 14.5 Å². The van der Waals surface area contributed by atoms with Gasteiger partial charge in [-0.05, 0) is 48.7 Å². The van der Waals surface area contributed by atoms with Gasteiger partial charge in [-0.1, -0.05) is 29.8 Å². The molecule has 1 atom stereocenters. The van der Waals surface area contributed by atoms with Crippen molar-refractivity contribution in [1.82, 2.24) is 4.90 Å². The Labute approximate surface area is 188 Å². The monoisotopic (exact) mass is 442 g/mol. The molecule has 31 heavy (non-hydrogen) atoms. The van der Waals surface area contributed by atoms with Gasteiger partial charge in [0, 0.05) is 17.3 Å². The summed E-state index contributed by atoms with van der Waals surface area (Å²) < 4.78 is 5.18. The Morgan fingerprint density at radius 1 is 1.10 bits per heavy atom. The number of nitrogens with one attached hydrogen (secondary N) is 1. The highest BCUT2D eigenvalue weighted by Crippen LogP contribution is 2.24. The van der Waals surface area contributed by atoms with Crippen LogP contribution in [-0.4, -0.2) is 62.6 Å². The van der Waals surface area contributed by atoms with E-state index in [0.717, 1.165) is 48.2 Å². The van der Waals surface area contributed by atoms with Gasteiger partial charge in [0.25, 0.3) is 5.91 Å². The minimum atomic E-state index is -0.258. The second kappa shape index (κ2) is 9.28. The fraction of sp³-hybridized carbons (Fsp3) is 0.417. The quantitative estimate of drug-likeness (QED) is 0.692. The van der Waals surface area contributed by atoms with Crippen LogP contribution < -0.4 is 14.5 Å². The number of benzene rings is 2. The zero-order valence-electron chi connectivity index (χ0n) is 18.1. The topological polar surface area (TPSA) is 54.3 Å². The van der Waals surface area contributed by atoms with Gasteiger partial charge in [0.15, 0.2) is 6.04 Å². The maximum absolute atomic E-state index is 13.0. The highest BCUT2D eigenvalue weighted by Gasteiger charge is 2.45. The summed E-state index contributed by atoms with van der Waals surface area (Å²) in [6, 6.07) is 13.4. The summed E-state index contributed by atoms with van der Waals surface area (Å²) in [4.78, 5) is 30.6. The summed E-state index contributed by atoms with van der Waals surface area (Å²) in [6.45, 7) is 5.89. The maximum atomic E-state index is 13.0. The van der Waals surface area contributed by atoms with Crippen molar-refractivity contribution < 1.29 is 19.2 Å². The van der Waals surface area contributed by atoms with Gasteiger partial charge >= 0.3 is 0 Å². The number of hydrogen-bond donors (Lipinski definition) is 1. The van der Waals surface area contributed by atoms with Gasteiger partial charge in [-0.15, -0.1) is 0 Å². The number of piperazine rings is 1. The van der Waals surface area contributed by atoms with Crippen LogP contribution in [0.3, 0.4) is 0 Å². The van der Waals surface area contributed by atoms with E-state index in [1.54, 1.807) is 7.11 Å². The van der Waals surface area contributed by atoms with Gasteiger partial charge in [0.1, 0.15) is 5.75 Å². The van der Waals surface area contributed by atoms with Crippen molar-refractivity contribution in [2.24, 2.45) is 0 Å². The lowest BCUT2D eigenvalue weighted by molar-refractivity contribution is -0.915. The molecule has 2 saturated heterocycles. The number of imide groups is 1. The van der Waals surface area contributed by atoms with Crippen molar-refractivity contribution in [2.75, 3.05) is 44.7 Å². The highest BCUT2D eigenvalue weighted by molar-refractivity contribution is 6.30. The number of hydrogen-bond acceptors (Lipinski definition) is 4. The minimum Gasteiger partial charge on any atom is -0.497 e. The van der Waals surface area contributed by atoms with Gasteiger partial charge in [-0.3, -0.25) is 14.5 Å². The van der Waals surface area contributed by atoms with Crippen LogP contribution in [0.15, 0.2) is 42.5 Å². The molecule has 0 aromatic heterocycles. The van der Waals surface area contributed by atoms with Crippen LogP contribution in [0.5, 0.6) is 5.75 Å². The number of methoxy groups -OCH3 is 1. The van der Waals surface area contributed by atoms with Crippen LogP contribution in [0.25, 0.3) is 0 Å². The van der Waals surface area contributed by atoms with Gasteiger partial charge in [0.2, 0.25) is 5.91 Å². The standard InChI is InChI=1S/C24H28ClN3O3/c1-17-3-6-19(25)15-21(17)26-11-13-27(14-12-26)22-16-23(29)28(24(22)30)10-9-18-4-7-20(31-2)8-5-18/h3-8,15,22H,9-14,16H2,1-2H3/p+1/t22-/m1/s1. The molecule has 4 rings (SSSR count). The minimum absolute atomic E-state index is 0.0269. The van der Waals surface area contributed by atoms with E-state index in [4.69, 9.17) is 16.3 Å². The van der Waals surface area contributed by atoms with Crippen molar-refractivity contribution in [3.05, 3.63) is 58.6 Å². The molecule has 2 aromatic carbocycles. The number of anilines is 1. The molecule has 6 nitrogen and oxygen atoms in total. The van der Waals surface area contributed by atoms with Gasteiger partial charge in [-0.2, -0.15) is 0 Å². The fourth-order valence-electron chi connectivity index (χ4n) is 4.58. The Morgan fingerprint density at radius 2 is 1.81 bits per heavy atom. The van der Waals surface area contributed by atoms with Crippen molar-refractivity contribution >= 4 is 29.1 Å². The van der Waals surface area contributed by atoms with Crippen LogP contribution in [0, 0.1) is 6.92 Å². The number of quaternary nitrogens is 1. The number of likely N-dealkylation sites (tertiary alicyclic amines) is 1. The molecule has 0 spiro atoms. The summed E-state index contributed by atoms with van der Waals surface area (Å²) in [7, 11) is 1.63. The number of carbonyl (C=O) groups excluding carboxylic acids is 2. The SMILES string of the molecule is COc1ccc(CCN2C(=O)C[C@@H]([NH+]3CCN(c4cc(Cl)ccc4C)CC3)C2=O)cc1. The maximum Gasteiger partial charge on any atom is 0.288 e. The first kappa shape index (κ1) is 21.7. The van der Waals surface area contributed by atoms with Crippen LogP contribution in [0.2, 0.25) is 5.02 Å². The molecule has 7 heteroatoms. The zero-order chi connectivity index (χ0) is 22.0. The third kappa shape index (κ3) is 4.70. The van der Waals surface area contributed by atoms with Crippen molar-refractivity contribution in [2.45, 2.75) is 25.8 Å². The van der Waals surface area contributed by atoms with Crippen molar-refractivity contribution in [3.63, 3.8) is 0 Å². The number of carbonyl (C=O) groups is 2. The summed E-state index contributed by atoms with van der Waals surface area (Å²) in [6.07, 6.45) is 0.971. The number of halogens is 1. The molecule has 2 aliphatic rings. The average Bonchev–Trinajstić information content (AvgIpc) is 3.07. The molecule has 0 unspecified atom stereocenters. The first-order valence-electron chi connectivity index (χ1n) is 10.8. The van der Waals surface area contributed by atoms with E-state index in [-0.39, 0.29) is 17.9 Å². The Hall–Kier alpha value is -2.57. The third-order valence-electron chi connectivity index (χ3n) is 6.44. The molecule has 2 heterocycles. The number of amides is 2. The molecule has 2 aliphatic heterocycles. The van der Waals surface area contributed by atoms with Gasteiger partial charge in [0.05, 0.1) is 39.7 Å². The second-order valence-electron chi connectivity index (χ2n) is 8.31. The summed E-state index contributed by atoms with van der Waals surface area (Å²) in [5.74, 6) is 0.720. The Balaban J connectivity index is 1.34. The average molecular weight is 443 g/mol. The molecule has 0 aliphatic carbocycles. The lowest BCUT2D eigenvalue weighted by Crippen LogP contribution is -3.19. The lowest BCUT2D eigenvalue weighted by Gasteiger charge is -2.36. The molecule has 2 aromatic rings. The molecule has 0 saturated carbocycles. The van der Waals surface area contributed by atoms with E-state index in [2.05, 4.69) is 11.8 Å². The number of ether oxygens (including phenoxy) is 1. The number of nitrogens with zero attached hydrogens (tertiary/aromatic N) is 2. The van der Waals surface area contributed by atoms with E-state index < -0.39 is 0 Å². The van der Waals surface area contributed by atoms with E-state index in [1.165, 1.54) is 15.4 Å². The Morgan fingerprint density at radius 3 is 2.48 bits per heavy atom. The first-order valence-corrected chi connectivity index (χ1v) is 11.2. The zero-order valence-corrected chi connectivity index (χ0v) is 18.8. The Kier molecular flexibility index (Phi) is 6.49. The lowest BCUT2D eigenvalue weighted by atomic mass is 10.1. The predicted molar refractivity (Wildman–Crippen MR) is 121 cm³/mol. The molecular formula is C24H29ClN3O3+. The summed E-state index contributed by atoms with van der Waals surface area (Å²) >= 11 is 6.18. The molecule has 2 fully saturated rings. The molecule has 2 amide bonds. The van der Waals surface area contributed by atoms with E-state index in [0.29, 0.717) is 19.4 Å². The normalized spacial score (nSPS) is 19.9. The van der Waals surface area contributed by atoms with E-state index in [1.807, 2.05) is 42.5 Å². The second-order valence-corrected chi connectivity index (χ2v) is 8.75. The molecule has 1 N–H and O–H groups in total. The number of rotatable bonds is 6. The van der Waals surface area contributed by atoms with Crippen LogP contribution in [0.4, 0.5) is 5.69 Å². The van der Waals surface area contributed by atoms with E-state index >= 15 is 0 Å². The van der Waals surface area contributed by atoms with Crippen molar-refractivity contribution in [1.29, 1.82) is 0 Å². The smallest absolute Gasteiger partial charge is 0.288 e. The van der Waals surface area contributed by atoms with Crippen LogP contribution in [-0.2, 0) is 16.0 Å². The highest BCUT2D eigenvalue weighted by atomic mass is 35.5. The van der Waals surface area contributed by atoms with Crippen molar-refractivity contribution in [3.8, 4) is 5.75 Å². The first-order chi connectivity index (χ1) is 15.0.